The van der Waals surface area contributed by atoms with Crippen LogP contribution >= 0.6 is 0 Å². The lowest BCUT2D eigenvalue weighted by atomic mass is 10.3. The van der Waals surface area contributed by atoms with Crippen LogP contribution in [0.1, 0.15) is 19.7 Å². The van der Waals surface area contributed by atoms with Gasteiger partial charge in [-0.05, 0) is 31.2 Å². The summed E-state index contributed by atoms with van der Waals surface area (Å²) in [6, 6.07) is 6.20. The van der Waals surface area contributed by atoms with Crippen LogP contribution in [0.2, 0.25) is 0 Å². The Morgan fingerprint density at radius 3 is 2.20 bits per heavy atom. The first-order valence-corrected chi connectivity index (χ1v) is 4.90. The molecule has 2 rings (SSSR count). The standard InChI is InChI=1S/C9H8FN3.C2H6/c1-7-12-11-6-13(7)9-4-2-8(10)3-5-9;1-2/h2-6H,1H3;1-2H3. The summed E-state index contributed by atoms with van der Waals surface area (Å²) in [7, 11) is 0. The van der Waals surface area contributed by atoms with Gasteiger partial charge < -0.3 is 0 Å². The van der Waals surface area contributed by atoms with Crippen LogP contribution < -0.4 is 0 Å². The molecule has 0 aliphatic rings. The van der Waals surface area contributed by atoms with Gasteiger partial charge in [-0.25, -0.2) is 4.39 Å². The van der Waals surface area contributed by atoms with Crippen molar-refractivity contribution < 1.29 is 4.39 Å². The number of nitrogens with zero attached hydrogens (tertiary/aromatic N) is 3. The Morgan fingerprint density at radius 1 is 1.13 bits per heavy atom. The van der Waals surface area contributed by atoms with E-state index in [1.807, 2.05) is 20.8 Å². The molecule has 0 aliphatic carbocycles. The Bertz CT molecular complexity index is 406. The highest BCUT2D eigenvalue weighted by molar-refractivity contribution is 5.32. The zero-order valence-corrected chi connectivity index (χ0v) is 9.11. The normalized spacial score (nSPS) is 9.33. The first-order chi connectivity index (χ1) is 7.27. The maximum atomic E-state index is 12.6. The zero-order valence-electron chi connectivity index (χ0n) is 9.11. The highest BCUT2D eigenvalue weighted by Crippen LogP contribution is 2.09. The Labute approximate surface area is 88.6 Å². The topological polar surface area (TPSA) is 30.7 Å². The van der Waals surface area contributed by atoms with E-state index in [0.29, 0.717) is 0 Å². The summed E-state index contributed by atoms with van der Waals surface area (Å²) in [5, 5.41) is 7.57. The SMILES string of the molecule is CC.Cc1nncn1-c1ccc(F)cc1. The number of rotatable bonds is 1. The molecule has 0 atom stereocenters. The number of aromatic nitrogens is 3. The molecule has 0 N–H and O–H groups in total. The van der Waals surface area contributed by atoms with Crippen molar-refractivity contribution in [1.82, 2.24) is 14.8 Å². The van der Waals surface area contributed by atoms with Crippen molar-refractivity contribution in [1.29, 1.82) is 0 Å². The molecule has 0 amide bonds. The van der Waals surface area contributed by atoms with Gasteiger partial charge in [0.2, 0.25) is 0 Å². The summed E-state index contributed by atoms with van der Waals surface area (Å²) in [5.74, 6) is 0.543. The molecule has 0 saturated heterocycles. The van der Waals surface area contributed by atoms with Crippen LogP contribution in [0.4, 0.5) is 4.39 Å². The molecule has 0 bridgehead atoms. The van der Waals surface area contributed by atoms with Crippen molar-refractivity contribution in [2.24, 2.45) is 0 Å². The highest BCUT2D eigenvalue weighted by atomic mass is 19.1. The van der Waals surface area contributed by atoms with Crippen molar-refractivity contribution in [3.8, 4) is 5.69 Å². The van der Waals surface area contributed by atoms with Gasteiger partial charge in [-0.3, -0.25) is 4.57 Å². The average Bonchev–Trinajstić information content (AvgIpc) is 2.69. The molecule has 0 unspecified atom stereocenters. The van der Waals surface area contributed by atoms with Crippen LogP contribution in [0.15, 0.2) is 30.6 Å². The number of benzene rings is 1. The molecule has 0 saturated carbocycles. The van der Waals surface area contributed by atoms with E-state index in [0.717, 1.165) is 11.5 Å². The van der Waals surface area contributed by atoms with E-state index in [4.69, 9.17) is 0 Å². The number of halogens is 1. The Hall–Kier alpha value is -1.71. The smallest absolute Gasteiger partial charge is 0.134 e. The first kappa shape index (κ1) is 11.4. The maximum absolute atomic E-state index is 12.6. The summed E-state index contributed by atoms with van der Waals surface area (Å²) in [5.41, 5.74) is 0.865. The predicted octanol–water partition coefficient (Wildman–Crippen LogP) is 2.74. The third kappa shape index (κ3) is 2.62. The number of hydrogen-bond donors (Lipinski definition) is 0. The molecule has 3 nitrogen and oxygen atoms in total. The summed E-state index contributed by atoms with van der Waals surface area (Å²) in [4.78, 5) is 0. The van der Waals surface area contributed by atoms with Gasteiger partial charge >= 0.3 is 0 Å². The second kappa shape index (κ2) is 5.24. The molecular formula is C11H14FN3. The Balaban J connectivity index is 0.000000531. The van der Waals surface area contributed by atoms with Crippen LogP contribution in [0.3, 0.4) is 0 Å². The molecule has 0 radical (unpaired) electrons. The second-order valence-corrected chi connectivity index (χ2v) is 2.72. The van der Waals surface area contributed by atoms with Gasteiger partial charge in [0.05, 0.1) is 0 Å². The van der Waals surface area contributed by atoms with Crippen molar-refractivity contribution >= 4 is 0 Å². The fourth-order valence-corrected chi connectivity index (χ4v) is 1.15. The van der Waals surface area contributed by atoms with Gasteiger partial charge in [-0.15, -0.1) is 10.2 Å². The van der Waals surface area contributed by atoms with Gasteiger partial charge in [0.25, 0.3) is 0 Å². The minimum atomic E-state index is -0.241. The zero-order chi connectivity index (χ0) is 11.3. The average molecular weight is 207 g/mol. The quantitative estimate of drug-likeness (QED) is 0.719. The van der Waals surface area contributed by atoms with Gasteiger partial charge in [0.15, 0.2) is 0 Å². The minimum Gasteiger partial charge on any atom is -0.286 e. The summed E-state index contributed by atoms with van der Waals surface area (Å²) in [6.45, 7) is 5.84. The highest BCUT2D eigenvalue weighted by Gasteiger charge is 2.00. The Kier molecular flexibility index (Phi) is 3.97. The van der Waals surface area contributed by atoms with Crippen molar-refractivity contribution in [3.63, 3.8) is 0 Å². The molecular weight excluding hydrogens is 193 g/mol. The lowest BCUT2D eigenvalue weighted by Crippen LogP contribution is -1.94. The van der Waals surface area contributed by atoms with Crippen LogP contribution in [0.5, 0.6) is 0 Å². The lowest BCUT2D eigenvalue weighted by Gasteiger charge is -2.01. The minimum absolute atomic E-state index is 0.241. The van der Waals surface area contributed by atoms with Crippen molar-refractivity contribution in [3.05, 3.63) is 42.2 Å². The summed E-state index contributed by atoms with van der Waals surface area (Å²) < 4.78 is 14.4. The van der Waals surface area contributed by atoms with Crippen molar-refractivity contribution in [2.75, 3.05) is 0 Å². The third-order valence-electron chi connectivity index (χ3n) is 1.82. The fourth-order valence-electron chi connectivity index (χ4n) is 1.15. The van der Waals surface area contributed by atoms with Crippen LogP contribution in [-0.4, -0.2) is 14.8 Å². The molecule has 4 heteroatoms. The predicted molar refractivity (Wildman–Crippen MR) is 57.4 cm³/mol. The van der Waals surface area contributed by atoms with Crippen LogP contribution in [-0.2, 0) is 0 Å². The molecule has 0 spiro atoms. The molecule has 1 heterocycles. The van der Waals surface area contributed by atoms with E-state index >= 15 is 0 Å². The van der Waals surface area contributed by atoms with Crippen molar-refractivity contribution in [2.45, 2.75) is 20.8 Å². The second-order valence-electron chi connectivity index (χ2n) is 2.72. The number of aryl methyl sites for hydroxylation is 1. The van der Waals surface area contributed by atoms with E-state index in [1.165, 1.54) is 12.1 Å². The molecule has 2 aromatic rings. The van der Waals surface area contributed by atoms with E-state index in [9.17, 15) is 4.39 Å². The fraction of sp³-hybridized carbons (Fsp3) is 0.273. The lowest BCUT2D eigenvalue weighted by molar-refractivity contribution is 0.627. The Morgan fingerprint density at radius 2 is 1.73 bits per heavy atom. The van der Waals surface area contributed by atoms with Crippen LogP contribution in [0, 0.1) is 12.7 Å². The molecule has 0 aliphatic heterocycles. The van der Waals surface area contributed by atoms with E-state index < -0.39 is 0 Å². The molecule has 0 fully saturated rings. The molecule has 15 heavy (non-hydrogen) atoms. The maximum Gasteiger partial charge on any atom is 0.134 e. The van der Waals surface area contributed by atoms with Crippen LogP contribution in [0.25, 0.3) is 5.69 Å². The van der Waals surface area contributed by atoms with Gasteiger partial charge in [-0.1, -0.05) is 13.8 Å². The monoisotopic (exact) mass is 207 g/mol. The number of hydrogen-bond acceptors (Lipinski definition) is 2. The third-order valence-corrected chi connectivity index (χ3v) is 1.82. The summed E-state index contributed by atoms with van der Waals surface area (Å²) in [6.07, 6.45) is 1.60. The van der Waals surface area contributed by atoms with E-state index in [2.05, 4.69) is 10.2 Å². The largest absolute Gasteiger partial charge is 0.286 e. The molecule has 1 aromatic carbocycles. The summed E-state index contributed by atoms with van der Waals surface area (Å²) >= 11 is 0. The van der Waals surface area contributed by atoms with E-state index in [1.54, 1.807) is 23.0 Å². The van der Waals surface area contributed by atoms with Gasteiger partial charge in [0.1, 0.15) is 18.0 Å². The van der Waals surface area contributed by atoms with Gasteiger partial charge in [0, 0.05) is 5.69 Å². The first-order valence-electron chi connectivity index (χ1n) is 4.90. The van der Waals surface area contributed by atoms with Gasteiger partial charge in [-0.2, -0.15) is 0 Å². The van der Waals surface area contributed by atoms with E-state index in [-0.39, 0.29) is 5.82 Å². The molecule has 1 aromatic heterocycles. The molecule has 80 valence electrons.